The molecule has 124 valence electrons. The second-order valence-corrected chi connectivity index (χ2v) is 6.13. The Labute approximate surface area is 141 Å². The standard InChI is InChI=1S/C17H15NO5S/c1-21-14-10-22-11(8-13(14)19)9-23-17(20)7-6-16-18-12-4-2-3-5-15(12)24-16/h2-5,8,10H,6-7,9H2,1H3. The SMILES string of the molecule is COc1coc(COC(=O)CCc2nc3ccccc3s2)cc1=O. The summed E-state index contributed by atoms with van der Waals surface area (Å²) in [6, 6.07) is 9.09. The van der Waals surface area contributed by atoms with Crippen molar-refractivity contribution in [3.63, 3.8) is 0 Å². The molecule has 2 aromatic heterocycles. The zero-order valence-electron chi connectivity index (χ0n) is 13.0. The number of benzene rings is 1. The summed E-state index contributed by atoms with van der Waals surface area (Å²) < 4.78 is 16.2. The molecule has 0 bridgehead atoms. The predicted octanol–water partition coefficient (Wildman–Crippen LogP) is 2.93. The first-order valence-corrected chi connectivity index (χ1v) is 8.13. The van der Waals surface area contributed by atoms with E-state index >= 15 is 0 Å². The first-order chi connectivity index (χ1) is 11.7. The molecule has 0 aliphatic carbocycles. The Morgan fingerprint density at radius 3 is 2.92 bits per heavy atom. The molecule has 2 heterocycles. The van der Waals surface area contributed by atoms with Crippen LogP contribution in [-0.4, -0.2) is 18.1 Å². The number of esters is 1. The Kier molecular flexibility index (Phi) is 4.90. The second-order valence-electron chi connectivity index (χ2n) is 5.01. The van der Waals surface area contributed by atoms with Crippen molar-refractivity contribution < 1.29 is 18.7 Å². The van der Waals surface area contributed by atoms with Crippen molar-refractivity contribution in [1.82, 2.24) is 4.98 Å². The van der Waals surface area contributed by atoms with Crippen LogP contribution in [0.4, 0.5) is 0 Å². The Morgan fingerprint density at radius 1 is 1.33 bits per heavy atom. The van der Waals surface area contributed by atoms with Gasteiger partial charge < -0.3 is 13.9 Å². The largest absolute Gasteiger partial charge is 0.490 e. The zero-order valence-corrected chi connectivity index (χ0v) is 13.8. The highest BCUT2D eigenvalue weighted by molar-refractivity contribution is 7.18. The van der Waals surface area contributed by atoms with Crippen LogP contribution in [0.1, 0.15) is 17.2 Å². The molecule has 0 amide bonds. The van der Waals surface area contributed by atoms with Crippen LogP contribution in [0, 0.1) is 0 Å². The van der Waals surface area contributed by atoms with E-state index in [1.807, 2.05) is 24.3 Å². The van der Waals surface area contributed by atoms with Crippen molar-refractivity contribution >= 4 is 27.5 Å². The summed E-state index contributed by atoms with van der Waals surface area (Å²) in [7, 11) is 1.38. The number of para-hydroxylation sites is 1. The highest BCUT2D eigenvalue weighted by Crippen LogP contribution is 2.22. The third-order valence-corrected chi connectivity index (χ3v) is 4.42. The van der Waals surface area contributed by atoms with E-state index in [4.69, 9.17) is 13.9 Å². The number of hydrogen-bond acceptors (Lipinski definition) is 7. The van der Waals surface area contributed by atoms with Gasteiger partial charge in [-0.05, 0) is 12.1 Å². The summed E-state index contributed by atoms with van der Waals surface area (Å²) in [6.07, 6.45) is 1.94. The highest BCUT2D eigenvalue weighted by Gasteiger charge is 2.10. The minimum absolute atomic E-state index is 0.0854. The van der Waals surface area contributed by atoms with Crippen LogP contribution in [0.3, 0.4) is 0 Å². The van der Waals surface area contributed by atoms with Gasteiger partial charge in [-0.1, -0.05) is 12.1 Å². The Morgan fingerprint density at radius 2 is 2.17 bits per heavy atom. The third kappa shape index (κ3) is 3.80. The fourth-order valence-corrected chi connectivity index (χ4v) is 3.09. The van der Waals surface area contributed by atoms with Gasteiger partial charge in [-0.15, -0.1) is 11.3 Å². The Hall–Kier alpha value is -2.67. The number of ether oxygens (including phenoxy) is 2. The lowest BCUT2D eigenvalue weighted by atomic mass is 10.3. The summed E-state index contributed by atoms with van der Waals surface area (Å²) >= 11 is 1.57. The van der Waals surface area contributed by atoms with E-state index in [0.29, 0.717) is 6.42 Å². The van der Waals surface area contributed by atoms with E-state index in [2.05, 4.69) is 4.98 Å². The fraction of sp³-hybridized carbons (Fsp3) is 0.235. The summed E-state index contributed by atoms with van der Waals surface area (Å²) in [5.74, 6) is 0.0165. The number of aromatic nitrogens is 1. The smallest absolute Gasteiger partial charge is 0.306 e. The van der Waals surface area contributed by atoms with Crippen molar-refractivity contribution in [3.05, 3.63) is 57.6 Å². The van der Waals surface area contributed by atoms with Crippen LogP contribution < -0.4 is 10.2 Å². The lowest BCUT2D eigenvalue weighted by Gasteiger charge is -2.04. The molecule has 3 rings (SSSR count). The van der Waals surface area contributed by atoms with Crippen molar-refractivity contribution in [3.8, 4) is 5.75 Å². The molecule has 0 aliphatic rings. The lowest BCUT2D eigenvalue weighted by molar-refractivity contribution is -0.145. The van der Waals surface area contributed by atoms with E-state index < -0.39 is 0 Å². The number of carbonyl (C=O) groups is 1. The van der Waals surface area contributed by atoms with Gasteiger partial charge in [0, 0.05) is 12.5 Å². The van der Waals surface area contributed by atoms with E-state index in [1.54, 1.807) is 11.3 Å². The quantitative estimate of drug-likeness (QED) is 0.639. The third-order valence-electron chi connectivity index (χ3n) is 3.33. The molecule has 24 heavy (non-hydrogen) atoms. The number of carbonyl (C=O) groups excluding carboxylic acids is 1. The van der Waals surface area contributed by atoms with Crippen LogP contribution in [0.15, 0.2) is 45.8 Å². The van der Waals surface area contributed by atoms with Crippen molar-refractivity contribution in [1.29, 1.82) is 0 Å². The summed E-state index contributed by atoms with van der Waals surface area (Å²) in [5.41, 5.74) is 0.621. The lowest BCUT2D eigenvalue weighted by Crippen LogP contribution is -2.09. The molecule has 0 unspecified atom stereocenters. The van der Waals surface area contributed by atoms with Gasteiger partial charge in [0.15, 0.2) is 0 Å². The van der Waals surface area contributed by atoms with Crippen LogP contribution in [-0.2, 0) is 22.6 Å². The minimum Gasteiger partial charge on any atom is -0.490 e. The Bertz CT molecular complexity index is 881. The zero-order chi connectivity index (χ0) is 16.9. The van der Waals surface area contributed by atoms with Crippen LogP contribution in [0.2, 0.25) is 0 Å². The monoisotopic (exact) mass is 345 g/mol. The minimum atomic E-state index is -0.368. The Balaban J connectivity index is 1.52. The molecule has 0 radical (unpaired) electrons. The number of hydrogen-bond donors (Lipinski definition) is 0. The van der Waals surface area contributed by atoms with Crippen molar-refractivity contribution in [2.75, 3.05) is 7.11 Å². The van der Waals surface area contributed by atoms with Crippen LogP contribution >= 0.6 is 11.3 Å². The second kappa shape index (κ2) is 7.27. The number of rotatable bonds is 6. The van der Waals surface area contributed by atoms with Gasteiger partial charge in [-0.3, -0.25) is 9.59 Å². The van der Waals surface area contributed by atoms with E-state index in [9.17, 15) is 9.59 Å². The molecule has 3 aromatic rings. The topological polar surface area (TPSA) is 78.6 Å². The first kappa shape index (κ1) is 16.2. The molecule has 1 aromatic carbocycles. The fourth-order valence-electron chi connectivity index (χ4n) is 2.12. The molecule has 0 spiro atoms. The molecule has 0 atom stereocenters. The van der Waals surface area contributed by atoms with Gasteiger partial charge in [0.25, 0.3) is 0 Å². The number of aryl methyl sites for hydroxylation is 1. The van der Waals surface area contributed by atoms with E-state index in [-0.39, 0.29) is 35.9 Å². The normalized spacial score (nSPS) is 10.7. The predicted molar refractivity (Wildman–Crippen MR) is 89.3 cm³/mol. The summed E-state index contributed by atoms with van der Waals surface area (Å²) in [5, 5.41) is 0.893. The van der Waals surface area contributed by atoms with Gasteiger partial charge in [0.1, 0.15) is 18.6 Å². The molecule has 0 aliphatic heterocycles. The van der Waals surface area contributed by atoms with E-state index in [0.717, 1.165) is 15.2 Å². The van der Waals surface area contributed by atoms with Crippen LogP contribution in [0.25, 0.3) is 10.2 Å². The maximum absolute atomic E-state index is 11.8. The van der Waals surface area contributed by atoms with Crippen molar-refractivity contribution in [2.24, 2.45) is 0 Å². The average molecular weight is 345 g/mol. The first-order valence-electron chi connectivity index (χ1n) is 7.31. The van der Waals surface area contributed by atoms with Crippen LogP contribution in [0.5, 0.6) is 5.75 Å². The number of fused-ring (bicyclic) bond motifs is 1. The number of nitrogens with zero attached hydrogens (tertiary/aromatic N) is 1. The van der Waals surface area contributed by atoms with Crippen molar-refractivity contribution in [2.45, 2.75) is 19.4 Å². The van der Waals surface area contributed by atoms with Gasteiger partial charge in [-0.25, -0.2) is 4.98 Å². The number of thiazole rings is 1. The van der Waals surface area contributed by atoms with Gasteiger partial charge >= 0.3 is 5.97 Å². The number of methoxy groups -OCH3 is 1. The van der Waals surface area contributed by atoms with E-state index in [1.165, 1.54) is 19.4 Å². The maximum atomic E-state index is 11.8. The van der Waals surface area contributed by atoms with Gasteiger partial charge in [0.05, 0.1) is 28.8 Å². The molecule has 0 N–H and O–H groups in total. The molecule has 0 saturated heterocycles. The van der Waals surface area contributed by atoms with Gasteiger partial charge in [0.2, 0.25) is 11.2 Å². The molecule has 7 heteroatoms. The molecule has 0 fully saturated rings. The van der Waals surface area contributed by atoms with Gasteiger partial charge in [-0.2, -0.15) is 0 Å². The molecular formula is C17H15NO5S. The highest BCUT2D eigenvalue weighted by atomic mass is 32.1. The molecule has 0 saturated carbocycles. The average Bonchev–Trinajstić information content (AvgIpc) is 3.01. The molecular weight excluding hydrogens is 330 g/mol. The molecule has 6 nitrogen and oxygen atoms in total. The summed E-state index contributed by atoms with van der Waals surface area (Å²) in [4.78, 5) is 27.9. The maximum Gasteiger partial charge on any atom is 0.306 e. The summed E-state index contributed by atoms with van der Waals surface area (Å²) in [6.45, 7) is -0.0854.